The molecule has 8 amide bonds. The van der Waals surface area contributed by atoms with Crippen LogP contribution in [-0.4, -0.2) is 248 Å². The number of nitrogens with zero attached hydrogens (tertiary/aromatic N) is 8. The molecule has 0 radical (unpaired) electrons. The molecule has 1 atom stereocenters. The number of fused-ring (bicyclic) bond motifs is 8. The molecule has 11 aliphatic heterocycles. The summed E-state index contributed by atoms with van der Waals surface area (Å²) >= 11 is 7.06. The third-order valence-corrected chi connectivity index (χ3v) is 29.0. The molecule has 8 aromatic rings. The molecule has 3 fully saturated rings. The largest absolute Gasteiger partial charge is 0.390 e. The molecule has 0 aliphatic carbocycles. The van der Waals surface area contributed by atoms with Crippen molar-refractivity contribution in [2.24, 2.45) is 0 Å². The molecule has 19 rings (SSSR count). The number of likely N-dealkylation sites (N-methyl/N-ethyl adjacent to an activating group) is 1. The number of aliphatic hydroxyl groups excluding tert-OH is 1. The average Bonchev–Trinajstić information content (AvgIpc) is 1.62. The van der Waals surface area contributed by atoms with Gasteiger partial charge in [-0.3, -0.25) is 38.4 Å². The minimum Gasteiger partial charge on any atom is -0.390 e. The van der Waals surface area contributed by atoms with Crippen LogP contribution in [0.5, 0.6) is 0 Å². The fourth-order valence-electron chi connectivity index (χ4n) is 20.5. The number of piperidine rings is 3. The normalized spacial score (nSPS) is 19.7. The van der Waals surface area contributed by atoms with Crippen molar-refractivity contribution in [1.29, 1.82) is 0 Å². The van der Waals surface area contributed by atoms with Crippen molar-refractivity contribution < 1.29 is 47.9 Å². The predicted molar refractivity (Wildman–Crippen MR) is 520 cm³/mol. The summed E-state index contributed by atoms with van der Waals surface area (Å²) in [7, 11) is 0. The van der Waals surface area contributed by atoms with E-state index in [0.29, 0.717) is 70.8 Å². The fraction of sp³-hybridized carbons (Fsp3) is 0.451. The number of rotatable bonds is 19. The van der Waals surface area contributed by atoms with Crippen LogP contribution in [0.1, 0.15) is 241 Å². The van der Waals surface area contributed by atoms with Crippen molar-refractivity contribution in [3.63, 3.8) is 0 Å². The van der Waals surface area contributed by atoms with Gasteiger partial charge in [0.2, 0.25) is 0 Å². The molecule has 11 aliphatic rings. The zero-order chi connectivity index (χ0) is 91.1. The van der Waals surface area contributed by atoms with E-state index < -0.39 is 6.10 Å². The van der Waals surface area contributed by atoms with Crippen LogP contribution in [0.3, 0.4) is 0 Å². The number of likely N-dealkylation sites (tertiary alicyclic amines) is 3. The van der Waals surface area contributed by atoms with E-state index >= 15 is 0 Å². The lowest BCUT2D eigenvalue weighted by atomic mass is 9.99. The fourth-order valence-corrected chi connectivity index (χ4v) is 21.5. The molecular weight excluding hydrogens is 1770 g/mol. The number of nitrogens with one attached hydrogen (secondary N) is 8. The zero-order valence-electron chi connectivity index (χ0n) is 76.1. The van der Waals surface area contributed by atoms with Crippen LogP contribution in [0.4, 0.5) is 27.1 Å². The molecule has 4 aromatic heterocycles. The first-order chi connectivity index (χ1) is 62.9. The van der Waals surface area contributed by atoms with E-state index in [9.17, 15) is 47.9 Å². The summed E-state index contributed by atoms with van der Waals surface area (Å²) in [6.45, 7) is 31.7. The lowest BCUT2D eigenvalue weighted by Crippen LogP contribution is -2.44. The van der Waals surface area contributed by atoms with E-state index in [4.69, 9.17) is 0 Å². The van der Waals surface area contributed by atoms with Gasteiger partial charge in [-0.2, -0.15) is 0 Å². The Bertz CT molecular complexity index is 5630. The highest BCUT2D eigenvalue weighted by Crippen LogP contribution is 2.43. The highest BCUT2D eigenvalue weighted by Gasteiger charge is 2.37. The van der Waals surface area contributed by atoms with Crippen LogP contribution in [-0.2, 0) is 44.9 Å². The number of carbonyl (C=O) groups excluding carboxylic acids is 8. The van der Waals surface area contributed by atoms with Crippen molar-refractivity contribution in [3.05, 3.63) is 205 Å². The second kappa shape index (κ2) is 41.5. The summed E-state index contributed by atoms with van der Waals surface area (Å²) in [5, 5.41) is 22.3. The third-order valence-electron chi connectivity index (χ3n) is 27.8. The highest BCUT2D eigenvalue weighted by atomic mass is 79.9. The van der Waals surface area contributed by atoms with E-state index in [1.54, 1.807) is 17.0 Å². The van der Waals surface area contributed by atoms with Gasteiger partial charge in [-0.1, -0.05) is 83.2 Å². The number of aromatic nitrogens is 4. The van der Waals surface area contributed by atoms with Gasteiger partial charge in [-0.15, -0.1) is 0 Å². The summed E-state index contributed by atoms with van der Waals surface area (Å²) in [6, 6.07) is 21.6. The molecule has 25 nitrogen and oxygen atoms in total. The van der Waals surface area contributed by atoms with Gasteiger partial charge in [-0.05, 0) is 290 Å². The van der Waals surface area contributed by atoms with E-state index in [1.807, 2.05) is 122 Å². The molecule has 686 valence electrons. The standard InChI is InChI=1S/C26H31BrN4O3.C26H32N4O2.C25H29BrN4O2.C25H31FN4O2/c1-16-23(13-20-19-12-17(27)7-8-21(19)29-25(20)33)28-22-6-5-11-31(26(34)24(16)22)15-18(32)14-30-9-3-2-4-10-30;1-17-8-6-9-20-23(17)19(25(31)28-20)16-22-18(2)24-21(27-22)10-7-13-30(26(24)32)15-14-29-11-4-3-5-12-29;1-16-21(15-17-23-18(26)7-5-8-20(23)28-24(17)31)27-19-9-6-12-30(25(32)22(16)19)14-13-29-10-3-2-4-11-29;1-4-29(5-2)12-13-30-11-7-6-8-21-23(25(30)32)16(3)22(27-21)15-19-18-14-17(26)9-10-20(18)28-24(19)31/h7-8,12-13,18,28,32H,2-6,9-11,14-15H2,1H3,(H,29,33);6,8-9,16,27H,3-5,7,10-15H2,1-2H3,(H,28,31);5,7-8,15,27H,2-4,6,9-14H2,1H3,(H,28,31);9-10,14-15,27H,4-8,11-13H2,1-3H3,(H,28,31)/b20-13-;19-16-;17-15-;19-15-/t18-;;;/m1.../s1. The lowest BCUT2D eigenvalue weighted by molar-refractivity contribution is -0.111. The van der Waals surface area contributed by atoms with E-state index in [0.717, 1.165) is 290 Å². The van der Waals surface area contributed by atoms with Gasteiger partial charge < -0.3 is 85.5 Å². The van der Waals surface area contributed by atoms with Crippen LogP contribution in [0.15, 0.2) is 81.7 Å². The van der Waals surface area contributed by atoms with E-state index in [2.05, 4.69) is 107 Å². The first-order valence-electron chi connectivity index (χ1n) is 47.1. The Morgan fingerprint density at radius 3 is 1.25 bits per heavy atom. The molecule has 0 spiro atoms. The Morgan fingerprint density at radius 1 is 0.385 bits per heavy atom. The number of H-pyrrole nitrogens is 4. The Kier molecular flexibility index (Phi) is 29.6. The molecule has 28 heteroatoms. The molecule has 9 N–H and O–H groups in total. The van der Waals surface area contributed by atoms with Gasteiger partial charge in [0, 0.05) is 172 Å². The molecule has 0 bridgehead atoms. The zero-order valence-corrected chi connectivity index (χ0v) is 79.3. The molecule has 3 saturated heterocycles. The quantitative estimate of drug-likeness (QED) is 0.0341. The summed E-state index contributed by atoms with van der Waals surface area (Å²) in [4.78, 5) is 136. The number of hydrogen-bond acceptors (Lipinski definition) is 13. The lowest BCUT2D eigenvalue weighted by Gasteiger charge is -2.31. The minimum atomic E-state index is -0.554. The first-order valence-corrected chi connectivity index (χ1v) is 48.7. The van der Waals surface area contributed by atoms with E-state index in [1.165, 1.54) is 69.9 Å². The van der Waals surface area contributed by atoms with Crippen molar-refractivity contribution in [2.75, 3.05) is 152 Å². The Morgan fingerprint density at radius 2 is 0.762 bits per heavy atom. The van der Waals surface area contributed by atoms with Crippen LogP contribution < -0.4 is 21.3 Å². The maximum atomic E-state index is 13.8. The SMILES string of the molecule is CCN(CC)CCN1CCCCc2[nH]c(/C=C3\C(=O)Nc4ccc(F)cc43)c(C)c2C1=O.Cc1c(/C=C2\C(=O)Nc3ccc(Br)cc32)[nH]c2c1C(=O)N(C[C@H](O)CN1CCCCC1)CCC2.Cc1c(/C=C2\C(=O)Nc3cccc(Br)c32)[nH]c2c1C(=O)N(CCN1CCCCC1)CCC2.Cc1cccc2c1/C(=C/c1[nH]c3c(c1C)C(=O)N(CCN1CCCCC1)CCC3)C(=O)N2. The van der Waals surface area contributed by atoms with Crippen LogP contribution >= 0.6 is 31.9 Å². The highest BCUT2D eigenvalue weighted by molar-refractivity contribution is 9.10. The molecule has 130 heavy (non-hydrogen) atoms. The number of carbonyl (C=O) groups is 8. The van der Waals surface area contributed by atoms with E-state index in [-0.39, 0.29) is 53.1 Å². The molecular formula is C102H123Br2FN16O9. The van der Waals surface area contributed by atoms with Crippen molar-refractivity contribution >= 4 is 148 Å². The summed E-state index contributed by atoms with van der Waals surface area (Å²) in [5.41, 5.74) is 23.2. The van der Waals surface area contributed by atoms with Gasteiger partial charge in [0.05, 0.1) is 56.3 Å². The second-order valence-corrected chi connectivity index (χ2v) is 38.2. The number of aromatic amines is 4. The molecule has 0 saturated carbocycles. The third kappa shape index (κ3) is 20.4. The number of β-amino-alcohol motifs (C(OH)–C–C–N with tert-alkyl or cyclic N) is 1. The number of anilines is 4. The summed E-state index contributed by atoms with van der Waals surface area (Å²) in [6.07, 6.45) is 26.1. The maximum absolute atomic E-state index is 13.8. The number of halogens is 3. The number of aryl methyl sites for hydroxylation is 5. The predicted octanol–water partition coefficient (Wildman–Crippen LogP) is 16.3. The number of benzene rings is 4. The van der Waals surface area contributed by atoms with Gasteiger partial charge in [0.1, 0.15) is 5.82 Å². The number of hydrogen-bond donors (Lipinski definition) is 9. The molecule has 4 aromatic carbocycles. The summed E-state index contributed by atoms with van der Waals surface area (Å²) in [5.74, 6) is -0.759. The molecule has 0 unspecified atom stereocenters. The van der Waals surface area contributed by atoms with Gasteiger partial charge in [0.25, 0.3) is 47.3 Å². The minimum absolute atomic E-state index is 0.0392. The second-order valence-electron chi connectivity index (χ2n) is 36.4. The van der Waals surface area contributed by atoms with Crippen molar-refractivity contribution in [1.82, 2.24) is 59.1 Å². The first kappa shape index (κ1) is 92.7. The topological polar surface area (TPSA) is 294 Å². The smallest absolute Gasteiger partial charge is 0.256 e. The number of amides is 8. The Hall–Kier alpha value is -10.6. The van der Waals surface area contributed by atoms with Gasteiger partial charge in [0.15, 0.2) is 0 Å². The van der Waals surface area contributed by atoms with Crippen molar-refractivity contribution in [3.8, 4) is 0 Å². The van der Waals surface area contributed by atoms with Gasteiger partial charge in [-0.25, -0.2) is 4.39 Å². The van der Waals surface area contributed by atoms with Crippen LogP contribution in [0.25, 0.3) is 46.6 Å². The maximum Gasteiger partial charge on any atom is 0.256 e. The molecule has 15 heterocycles. The Labute approximate surface area is 778 Å². The van der Waals surface area contributed by atoms with Crippen LogP contribution in [0, 0.1) is 40.4 Å². The average molecular weight is 1900 g/mol. The Balaban J connectivity index is 0.000000127. The van der Waals surface area contributed by atoms with Gasteiger partial charge >= 0.3 is 0 Å². The summed E-state index contributed by atoms with van der Waals surface area (Å²) < 4.78 is 15.6. The monoisotopic (exact) mass is 1890 g/mol. The number of aliphatic hydroxyl groups is 1. The van der Waals surface area contributed by atoms with Crippen molar-refractivity contribution in [2.45, 2.75) is 170 Å². The van der Waals surface area contributed by atoms with Crippen LogP contribution in [0.2, 0.25) is 0 Å².